The first-order chi connectivity index (χ1) is 10.3. The summed E-state index contributed by atoms with van der Waals surface area (Å²) in [5, 5.41) is 0. The topological polar surface area (TPSA) is 29.5 Å². The van der Waals surface area contributed by atoms with E-state index in [0.29, 0.717) is 18.8 Å². The van der Waals surface area contributed by atoms with Crippen LogP contribution in [0.4, 0.5) is 0 Å². The first kappa shape index (κ1) is 18.6. The fraction of sp³-hybridized carbons (Fsp3) is 0.944. The van der Waals surface area contributed by atoms with Gasteiger partial charge in [0.1, 0.15) is 6.10 Å². The molecule has 3 nitrogen and oxygen atoms in total. The Balaban J connectivity index is 2.02. The highest BCUT2D eigenvalue weighted by Gasteiger charge is 2.25. The molecule has 0 aromatic rings. The van der Waals surface area contributed by atoms with Gasteiger partial charge in [-0.2, -0.15) is 0 Å². The molecule has 124 valence electrons. The predicted molar refractivity (Wildman–Crippen MR) is 88.7 cm³/mol. The summed E-state index contributed by atoms with van der Waals surface area (Å²) < 4.78 is 5.65. The van der Waals surface area contributed by atoms with E-state index in [-0.39, 0.29) is 6.10 Å². The average Bonchev–Trinajstić information content (AvgIpc) is 2.50. The van der Waals surface area contributed by atoms with Crippen LogP contribution in [0.15, 0.2) is 0 Å². The Hall–Kier alpha value is -0.410. The molecular formula is C18H35NO2. The van der Waals surface area contributed by atoms with E-state index in [4.69, 9.17) is 4.74 Å². The van der Waals surface area contributed by atoms with Gasteiger partial charge in [-0.15, -0.1) is 0 Å². The van der Waals surface area contributed by atoms with E-state index in [0.717, 1.165) is 32.5 Å². The smallest absolute Gasteiger partial charge is 0.162 e. The van der Waals surface area contributed by atoms with Gasteiger partial charge in [0.15, 0.2) is 5.78 Å². The Labute approximate surface area is 131 Å². The third-order valence-electron chi connectivity index (χ3n) is 4.33. The average molecular weight is 297 g/mol. The Morgan fingerprint density at radius 1 is 1.00 bits per heavy atom. The van der Waals surface area contributed by atoms with Crippen molar-refractivity contribution in [3.8, 4) is 0 Å². The lowest BCUT2D eigenvalue weighted by atomic mass is 10.0. The molecule has 1 aliphatic heterocycles. The second-order valence-electron chi connectivity index (χ2n) is 6.35. The van der Waals surface area contributed by atoms with Crippen LogP contribution >= 0.6 is 0 Å². The number of carbonyl (C=O) groups excluding carboxylic acids is 1. The molecule has 1 unspecified atom stereocenters. The lowest BCUT2D eigenvalue weighted by molar-refractivity contribution is -0.136. The molecule has 1 fully saturated rings. The molecule has 21 heavy (non-hydrogen) atoms. The lowest BCUT2D eigenvalue weighted by Crippen LogP contribution is -2.46. The molecule has 0 radical (unpaired) electrons. The van der Waals surface area contributed by atoms with E-state index in [9.17, 15) is 4.79 Å². The normalized spacial score (nSPS) is 19.8. The zero-order chi connectivity index (χ0) is 15.3. The van der Waals surface area contributed by atoms with Crippen molar-refractivity contribution >= 4 is 5.78 Å². The van der Waals surface area contributed by atoms with Gasteiger partial charge in [-0.25, -0.2) is 0 Å². The van der Waals surface area contributed by atoms with Crippen molar-refractivity contribution in [2.45, 2.75) is 84.2 Å². The number of morpholine rings is 1. The molecule has 0 aromatic heterocycles. The fourth-order valence-corrected chi connectivity index (χ4v) is 3.01. The number of Topliss-reactive ketones (excluding diaryl/α,β-unsaturated/α-hetero) is 1. The maximum atomic E-state index is 12.2. The number of carbonyl (C=O) groups is 1. The van der Waals surface area contributed by atoms with Crippen LogP contribution in [-0.4, -0.2) is 43.0 Å². The van der Waals surface area contributed by atoms with Crippen LogP contribution in [0, 0.1) is 0 Å². The summed E-state index contributed by atoms with van der Waals surface area (Å²) in [6.07, 6.45) is 12.0. The van der Waals surface area contributed by atoms with Crippen LogP contribution in [-0.2, 0) is 9.53 Å². The van der Waals surface area contributed by atoms with Gasteiger partial charge in [-0.1, -0.05) is 58.8 Å². The van der Waals surface area contributed by atoms with E-state index >= 15 is 0 Å². The predicted octanol–water partition coefficient (Wildman–Crippen LogP) is 4.20. The largest absolute Gasteiger partial charge is 0.368 e. The summed E-state index contributed by atoms with van der Waals surface area (Å²) in [5.41, 5.74) is 0. The van der Waals surface area contributed by atoms with Crippen molar-refractivity contribution in [1.82, 2.24) is 4.90 Å². The van der Waals surface area contributed by atoms with Crippen LogP contribution < -0.4 is 0 Å². The third-order valence-corrected chi connectivity index (χ3v) is 4.33. The molecule has 0 aromatic carbocycles. The zero-order valence-electron chi connectivity index (χ0n) is 14.2. The lowest BCUT2D eigenvalue weighted by Gasteiger charge is -2.31. The number of hydrogen-bond acceptors (Lipinski definition) is 3. The number of unbranched alkanes of at least 4 members (excludes halogenated alkanes) is 7. The highest BCUT2D eigenvalue weighted by Crippen LogP contribution is 2.13. The number of ketones is 1. The number of hydrogen-bond donors (Lipinski definition) is 0. The number of ether oxygens (including phenoxy) is 1. The molecule has 0 N–H and O–H groups in total. The third kappa shape index (κ3) is 8.57. The maximum absolute atomic E-state index is 12.2. The quantitative estimate of drug-likeness (QED) is 0.506. The Kier molecular flexibility index (Phi) is 10.8. The van der Waals surface area contributed by atoms with Crippen molar-refractivity contribution in [3.05, 3.63) is 0 Å². The fourth-order valence-electron chi connectivity index (χ4n) is 3.01. The summed E-state index contributed by atoms with van der Waals surface area (Å²) in [4.78, 5) is 14.5. The van der Waals surface area contributed by atoms with E-state index in [1.807, 2.05) is 0 Å². The van der Waals surface area contributed by atoms with Gasteiger partial charge in [0.2, 0.25) is 0 Å². The molecule has 0 saturated carbocycles. The van der Waals surface area contributed by atoms with Crippen molar-refractivity contribution < 1.29 is 9.53 Å². The summed E-state index contributed by atoms with van der Waals surface area (Å²) in [6.45, 7) is 8.03. The van der Waals surface area contributed by atoms with Gasteiger partial charge in [-0.3, -0.25) is 9.69 Å². The van der Waals surface area contributed by atoms with Gasteiger partial charge in [0, 0.05) is 19.5 Å². The van der Waals surface area contributed by atoms with E-state index in [2.05, 4.69) is 18.7 Å². The minimum Gasteiger partial charge on any atom is -0.368 e. The van der Waals surface area contributed by atoms with Crippen LogP contribution in [0.1, 0.15) is 78.1 Å². The first-order valence-electron chi connectivity index (χ1n) is 9.14. The van der Waals surface area contributed by atoms with Crippen molar-refractivity contribution in [3.63, 3.8) is 0 Å². The molecule has 0 spiro atoms. The second kappa shape index (κ2) is 12.2. The molecular weight excluding hydrogens is 262 g/mol. The molecule has 1 rings (SSSR count). The van der Waals surface area contributed by atoms with Crippen LogP contribution in [0.3, 0.4) is 0 Å². The molecule has 1 heterocycles. The molecule has 1 saturated heterocycles. The molecule has 1 atom stereocenters. The van der Waals surface area contributed by atoms with E-state index < -0.39 is 0 Å². The molecule has 3 heteroatoms. The minimum atomic E-state index is -0.158. The molecule has 1 aliphatic rings. The highest BCUT2D eigenvalue weighted by atomic mass is 16.5. The zero-order valence-corrected chi connectivity index (χ0v) is 14.2. The van der Waals surface area contributed by atoms with Gasteiger partial charge in [0.25, 0.3) is 0 Å². The van der Waals surface area contributed by atoms with E-state index in [1.54, 1.807) is 0 Å². The summed E-state index contributed by atoms with van der Waals surface area (Å²) in [6, 6.07) is 0. The first-order valence-corrected chi connectivity index (χ1v) is 9.14. The van der Waals surface area contributed by atoms with Crippen LogP contribution in [0.25, 0.3) is 0 Å². The Bertz CT molecular complexity index is 266. The monoisotopic (exact) mass is 297 g/mol. The van der Waals surface area contributed by atoms with Crippen LogP contribution in [0.5, 0.6) is 0 Å². The standard InChI is InChI=1S/C18H35NO2/c1-3-5-6-7-8-9-10-11-12-17(20)18-16-19(13-4-2)14-15-21-18/h18H,3-16H2,1-2H3. The van der Waals surface area contributed by atoms with Gasteiger partial charge < -0.3 is 4.74 Å². The molecule has 0 aliphatic carbocycles. The number of nitrogens with zero attached hydrogens (tertiary/aromatic N) is 1. The van der Waals surface area contributed by atoms with Gasteiger partial charge in [-0.05, 0) is 19.4 Å². The summed E-state index contributed by atoms with van der Waals surface area (Å²) in [5.74, 6) is 0.321. The SMILES string of the molecule is CCCCCCCCCCC(=O)C1CN(CCC)CCO1. The van der Waals surface area contributed by atoms with E-state index in [1.165, 1.54) is 44.9 Å². The number of rotatable bonds is 12. The van der Waals surface area contributed by atoms with Gasteiger partial charge in [0.05, 0.1) is 6.61 Å². The van der Waals surface area contributed by atoms with Gasteiger partial charge >= 0.3 is 0 Å². The van der Waals surface area contributed by atoms with Crippen molar-refractivity contribution in [2.24, 2.45) is 0 Å². The minimum absolute atomic E-state index is 0.158. The molecule has 0 amide bonds. The van der Waals surface area contributed by atoms with Crippen LogP contribution in [0.2, 0.25) is 0 Å². The van der Waals surface area contributed by atoms with Crippen molar-refractivity contribution in [2.75, 3.05) is 26.2 Å². The summed E-state index contributed by atoms with van der Waals surface area (Å²) in [7, 11) is 0. The Morgan fingerprint density at radius 2 is 1.67 bits per heavy atom. The maximum Gasteiger partial charge on any atom is 0.162 e. The highest BCUT2D eigenvalue weighted by molar-refractivity contribution is 5.83. The molecule has 0 bridgehead atoms. The van der Waals surface area contributed by atoms with Crippen molar-refractivity contribution in [1.29, 1.82) is 0 Å². The Morgan fingerprint density at radius 3 is 2.33 bits per heavy atom. The second-order valence-corrected chi connectivity index (χ2v) is 6.35. The summed E-state index contributed by atoms with van der Waals surface area (Å²) >= 11 is 0.